The fourth-order valence-electron chi connectivity index (χ4n) is 2.34. The first-order valence-electron chi connectivity index (χ1n) is 8.74. The molecular formula is C19H16ClN5O5S. The van der Waals surface area contributed by atoms with E-state index in [1.165, 1.54) is 48.8 Å². The van der Waals surface area contributed by atoms with Gasteiger partial charge in [-0.25, -0.2) is 32.9 Å². The second-order valence-corrected chi connectivity index (χ2v) is 8.16. The zero-order valence-electron chi connectivity index (χ0n) is 16.1. The number of halogens is 1. The molecule has 10 nitrogen and oxygen atoms in total. The van der Waals surface area contributed by atoms with Crippen molar-refractivity contribution in [1.82, 2.24) is 15.0 Å². The van der Waals surface area contributed by atoms with E-state index in [-0.39, 0.29) is 21.6 Å². The molecule has 2 aromatic heterocycles. The molecule has 31 heavy (non-hydrogen) atoms. The first-order chi connectivity index (χ1) is 14.7. The van der Waals surface area contributed by atoms with E-state index in [9.17, 15) is 18.0 Å². The number of anilines is 2. The number of esters is 1. The molecule has 3 rings (SSSR count). The first kappa shape index (κ1) is 22.1. The Morgan fingerprint density at radius 2 is 1.81 bits per heavy atom. The number of rotatable bonds is 7. The molecule has 1 amide bonds. The van der Waals surface area contributed by atoms with Crippen LogP contribution in [-0.4, -0.2) is 41.9 Å². The van der Waals surface area contributed by atoms with Crippen molar-refractivity contribution in [2.75, 3.05) is 16.6 Å². The summed E-state index contributed by atoms with van der Waals surface area (Å²) in [5, 5.41) is 2.46. The standard InChI is InChI=1S/C19H16ClN5O5S/c1-12-8-10-22-19(23-12)25-31(28,29)14-6-4-13(5-7-14)24-16(26)11-30-18(27)15-3-2-9-21-17(15)20/h2-10H,11H2,1H3,(H,24,26)(H,22,23,25). The molecule has 2 N–H and O–H groups in total. The van der Waals surface area contributed by atoms with Gasteiger partial charge < -0.3 is 10.1 Å². The number of pyridine rings is 1. The van der Waals surface area contributed by atoms with Crippen LogP contribution in [0, 0.1) is 6.92 Å². The van der Waals surface area contributed by atoms with Gasteiger partial charge in [0.15, 0.2) is 6.61 Å². The van der Waals surface area contributed by atoms with E-state index >= 15 is 0 Å². The van der Waals surface area contributed by atoms with E-state index in [1.54, 1.807) is 13.0 Å². The molecule has 12 heteroatoms. The number of sulfonamides is 1. The molecule has 1 aromatic carbocycles. The smallest absolute Gasteiger partial charge is 0.341 e. The topological polar surface area (TPSA) is 140 Å². The molecule has 160 valence electrons. The second kappa shape index (κ2) is 9.49. The number of amides is 1. The Morgan fingerprint density at radius 3 is 2.48 bits per heavy atom. The third kappa shape index (κ3) is 5.96. The van der Waals surface area contributed by atoms with Crippen LogP contribution in [0.5, 0.6) is 0 Å². The summed E-state index contributed by atoms with van der Waals surface area (Å²) in [6.45, 7) is 1.15. The lowest BCUT2D eigenvalue weighted by Gasteiger charge is -2.09. The molecule has 0 aliphatic heterocycles. The molecule has 2 heterocycles. The molecule has 0 saturated heterocycles. The van der Waals surface area contributed by atoms with Crippen molar-refractivity contribution in [3.8, 4) is 0 Å². The predicted molar refractivity (Wildman–Crippen MR) is 112 cm³/mol. The largest absolute Gasteiger partial charge is 0.452 e. The van der Waals surface area contributed by atoms with Crippen LogP contribution in [0.25, 0.3) is 0 Å². The van der Waals surface area contributed by atoms with Gasteiger partial charge in [-0.1, -0.05) is 11.6 Å². The lowest BCUT2D eigenvalue weighted by atomic mass is 10.3. The summed E-state index contributed by atoms with van der Waals surface area (Å²) in [4.78, 5) is 35.5. The Bertz CT molecular complexity index is 1220. The predicted octanol–water partition coefficient (Wildman–Crippen LogP) is 2.43. The number of carbonyl (C=O) groups is 2. The Hall–Kier alpha value is -3.57. The van der Waals surface area contributed by atoms with Gasteiger partial charge in [0, 0.05) is 23.8 Å². The fourth-order valence-corrected chi connectivity index (χ4v) is 3.49. The summed E-state index contributed by atoms with van der Waals surface area (Å²) in [5.74, 6) is -1.46. The number of benzene rings is 1. The van der Waals surface area contributed by atoms with Gasteiger partial charge in [0.2, 0.25) is 5.95 Å². The van der Waals surface area contributed by atoms with Crippen molar-refractivity contribution in [2.24, 2.45) is 0 Å². The molecule has 0 saturated carbocycles. The molecule has 0 aliphatic rings. The average Bonchev–Trinajstić information content (AvgIpc) is 2.72. The molecule has 3 aromatic rings. The highest BCUT2D eigenvalue weighted by Crippen LogP contribution is 2.17. The third-order valence-corrected chi connectivity index (χ3v) is 5.43. The van der Waals surface area contributed by atoms with Crippen molar-refractivity contribution in [3.63, 3.8) is 0 Å². The van der Waals surface area contributed by atoms with E-state index in [2.05, 4.69) is 25.0 Å². The summed E-state index contributed by atoms with van der Waals surface area (Å²) >= 11 is 5.80. The maximum Gasteiger partial charge on any atom is 0.341 e. The summed E-state index contributed by atoms with van der Waals surface area (Å²) in [6.07, 6.45) is 2.85. The van der Waals surface area contributed by atoms with Gasteiger partial charge >= 0.3 is 5.97 Å². The van der Waals surface area contributed by atoms with Crippen molar-refractivity contribution in [2.45, 2.75) is 11.8 Å². The number of aryl methyl sites for hydroxylation is 1. The zero-order valence-corrected chi connectivity index (χ0v) is 17.6. The number of hydrogen-bond acceptors (Lipinski definition) is 8. The Morgan fingerprint density at radius 1 is 1.06 bits per heavy atom. The molecule has 0 aliphatic carbocycles. The Balaban J connectivity index is 1.58. The Kier molecular flexibility index (Phi) is 6.78. The van der Waals surface area contributed by atoms with Crippen molar-refractivity contribution in [3.05, 3.63) is 71.3 Å². The fraction of sp³-hybridized carbons (Fsp3) is 0.105. The number of ether oxygens (including phenoxy) is 1. The monoisotopic (exact) mass is 461 g/mol. The van der Waals surface area contributed by atoms with Crippen LogP contribution >= 0.6 is 11.6 Å². The number of nitrogens with one attached hydrogen (secondary N) is 2. The third-order valence-electron chi connectivity index (χ3n) is 3.78. The van der Waals surface area contributed by atoms with Crippen LogP contribution in [0.3, 0.4) is 0 Å². The number of hydrogen-bond donors (Lipinski definition) is 2. The normalized spacial score (nSPS) is 10.9. The van der Waals surface area contributed by atoms with E-state index < -0.39 is 28.5 Å². The molecule has 0 bridgehead atoms. The van der Waals surface area contributed by atoms with Crippen LogP contribution in [0.4, 0.5) is 11.6 Å². The quantitative estimate of drug-likeness (QED) is 0.403. The minimum Gasteiger partial charge on any atom is -0.452 e. The first-order valence-corrected chi connectivity index (χ1v) is 10.6. The van der Waals surface area contributed by atoms with Crippen molar-refractivity contribution >= 4 is 45.1 Å². The maximum absolute atomic E-state index is 12.4. The maximum atomic E-state index is 12.4. The highest BCUT2D eigenvalue weighted by molar-refractivity contribution is 7.92. The summed E-state index contributed by atoms with van der Waals surface area (Å²) in [7, 11) is -3.91. The summed E-state index contributed by atoms with van der Waals surface area (Å²) < 4.78 is 32.0. The molecule has 0 radical (unpaired) electrons. The second-order valence-electron chi connectivity index (χ2n) is 6.12. The van der Waals surface area contributed by atoms with Crippen LogP contribution in [0.15, 0.2) is 59.8 Å². The molecular weight excluding hydrogens is 446 g/mol. The van der Waals surface area contributed by atoms with Gasteiger partial charge in [0.1, 0.15) is 5.15 Å². The van der Waals surface area contributed by atoms with E-state index in [0.29, 0.717) is 11.4 Å². The van der Waals surface area contributed by atoms with Crippen molar-refractivity contribution in [1.29, 1.82) is 0 Å². The van der Waals surface area contributed by atoms with Gasteiger partial charge in [0.05, 0.1) is 10.5 Å². The van der Waals surface area contributed by atoms with Gasteiger partial charge in [-0.05, 0) is 49.4 Å². The molecule has 0 spiro atoms. The molecule has 0 unspecified atom stereocenters. The average molecular weight is 462 g/mol. The highest BCUT2D eigenvalue weighted by Gasteiger charge is 2.17. The zero-order chi connectivity index (χ0) is 22.4. The highest BCUT2D eigenvalue weighted by atomic mass is 35.5. The number of aromatic nitrogens is 3. The lowest BCUT2D eigenvalue weighted by molar-refractivity contribution is -0.119. The van der Waals surface area contributed by atoms with Gasteiger partial charge in [-0.15, -0.1) is 0 Å². The Labute approximate surface area is 182 Å². The van der Waals surface area contributed by atoms with Crippen LogP contribution in [0.1, 0.15) is 16.1 Å². The van der Waals surface area contributed by atoms with Crippen molar-refractivity contribution < 1.29 is 22.7 Å². The van der Waals surface area contributed by atoms with Gasteiger partial charge in [-0.3, -0.25) is 4.79 Å². The van der Waals surface area contributed by atoms with E-state index in [0.717, 1.165) is 0 Å². The van der Waals surface area contributed by atoms with Gasteiger partial charge in [-0.2, -0.15) is 0 Å². The summed E-state index contributed by atoms with van der Waals surface area (Å²) in [5.41, 5.74) is 0.958. The SMILES string of the molecule is Cc1ccnc(NS(=O)(=O)c2ccc(NC(=O)COC(=O)c3cccnc3Cl)cc2)n1. The number of nitrogens with zero attached hydrogens (tertiary/aromatic N) is 3. The lowest BCUT2D eigenvalue weighted by Crippen LogP contribution is -2.21. The summed E-state index contributed by atoms with van der Waals surface area (Å²) in [6, 6.07) is 9.96. The minimum atomic E-state index is -3.91. The molecule has 0 fully saturated rings. The van der Waals surface area contributed by atoms with Crippen LogP contribution < -0.4 is 10.0 Å². The number of carbonyl (C=O) groups excluding carboxylic acids is 2. The molecule has 0 atom stereocenters. The minimum absolute atomic E-state index is 0.0330. The van der Waals surface area contributed by atoms with E-state index in [1.807, 2.05) is 0 Å². The van der Waals surface area contributed by atoms with Gasteiger partial charge in [0.25, 0.3) is 15.9 Å². The van der Waals surface area contributed by atoms with E-state index in [4.69, 9.17) is 16.3 Å². The van der Waals surface area contributed by atoms with Crippen LogP contribution in [-0.2, 0) is 19.6 Å². The van der Waals surface area contributed by atoms with Crippen LogP contribution in [0.2, 0.25) is 5.15 Å².